The summed E-state index contributed by atoms with van der Waals surface area (Å²) in [6, 6.07) is 5.85. The molecule has 2 rings (SSSR count). The third-order valence-corrected chi connectivity index (χ3v) is 3.65. The van der Waals surface area contributed by atoms with Crippen LogP contribution in [0.15, 0.2) is 22.7 Å². The molecule has 0 bridgehead atoms. The van der Waals surface area contributed by atoms with E-state index < -0.39 is 0 Å². The lowest BCUT2D eigenvalue weighted by Crippen LogP contribution is -2.18. The number of hydrogen-bond acceptors (Lipinski definition) is 4. The Labute approximate surface area is 133 Å². The molecule has 0 radical (unpaired) electrons. The summed E-state index contributed by atoms with van der Waals surface area (Å²) in [4.78, 5) is 8.90. The molecule has 21 heavy (non-hydrogen) atoms. The van der Waals surface area contributed by atoms with Crippen LogP contribution in [0.3, 0.4) is 0 Å². The Morgan fingerprint density at radius 2 is 1.81 bits per heavy atom. The number of aromatic nitrogens is 2. The molecular weight excluding hydrogens is 330 g/mol. The van der Waals surface area contributed by atoms with Gasteiger partial charge in [0.25, 0.3) is 0 Å². The molecule has 2 aromatic rings. The molecule has 4 nitrogen and oxygen atoms in total. The fourth-order valence-electron chi connectivity index (χ4n) is 1.78. The Morgan fingerprint density at radius 1 is 1.14 bits per heavy atom. The third kappa shape index (κ3) is 3.53. The fraction of sp³-hybridized carbons (Fsp3) is 0.375. The molecule has 1 aromatic carbocycles. The van der Waals surface area contributed by atoms with Crippen molar-refractivity contribution in [2.24, 2.45) is 0 Å². The van der Waals surface area contributed by atoms with E-state index in [1.165, 1.54) is 0 Å². The van der Waals surface area contributed by atoms with Gasteiger partial charge in [-0.1, -0.05) is 36.7 Å². The minimum atomic E-state index is -0.186. The largest absolute Gasteiger partial charge is 0.438 e. The van der Waals surface area contributed by atoms with Gasteiger partial charge in [-0.15, -0.1) is 0 Å². The van der Waals surface area contributed by atoms with Crippen LogP contribution in [-0.4, -0.2) is 9.97 Å². The molecule has 2 N–H and O–H groups in total. The van der Waals surface area contributed by atoms with Crippen LogP contribution in [0.4, 0.5) is 5.82 Å². The van der Waals surface area contributed by atoms with Crippen LogP contribution in [0.2, 0.25) is 0 Å². The van der Waals surface area contributed by atoms with Gasteiger partial charge in [-0.2, -0.15) is 4.98 Å². The van der Waals surface area contributed by atoms with Crippen molar-refractivity contribution in [2.75, 3.05) is 5.73 Å². The molecule has 0 aliphatic rings. The second-order valence-electron chi connectivity index (χ2n) is 6.12. The summed E-state index contributed by atoms with van der Waals surface area (Å²) in [7, 11) is 0. The molecule has 0 saturated carbocycles. The lowest BCUT2D eigenvalue weighted by Gasteiger charge is -2.19. The van der Waals surface area contributed by atoms with E-state index in [0.29, 0.717) is 17.5 Å². The molecule has 0 aliphatic heterocycles. The normalized spacial score (nSPS) is 11.5. The molecule has 5 heteroatoms. The molecule has 1 aromatic heterocycles. The highest BCUT2D eigenvalue weighted by Gasteiger charge is 2.21. The number of benzene rings is 1. The number of ether oxygens (including phenoxy) is 1. The highest BCUT2D eigenvalue weighted by atomic mass is 79.9. The molecule has 0 amide bonds. The second-order valence-corrected chi connectivity index (χ2v) is 7.04. The van der Waals surface area contributed by atoms with E-state index in [1.54, 1.807) is 0 Å². The van der Waals surface area contributed by atoms with Crippen LogP contribution in [0, 0.1) is 13.8 Å². The van der Waals surface area contributed by atoms with Gasteiger partial charge in [-0.25, -0.2) is 4.98 Å². The standard InChI is InChI=1S/C16H20BrN3O/c1-9-8-11(17)6-7-12(9)21-14-10(2)13(18)19-15(20-14)16(3,4)5/h6-8H,1-5H3,(H2,18,19,20). The van der Waals surface area contributed by atoms with Gasteiger partial charge in [-0.05, 0) is 37.6 Å². The summed E-state index contributed by atoms with van der Waals surface area (Å²) in [5.74, 6) is 2.41. The van der Waals surface area contributed by atoms with E-state index in [2.05, 4.69) is 25.9 Å². The first-order valence-electron chi connectivity index (χ1n) is 6.77. The zero-order valence-corrected chi connectivity index (χ0v) is 14.6. The fourth-order valence-corrected chi connectivity index (χ4v) is 2.25. The molecule has 0 unspecified atom stereocenters. The first-order valence-corrected chi connectivity index (χ1v) is 7.56. The third-order valence-electron chi connectivity index (χ3n) is 3.15. The number of aryl methyl sites for hydroxylation is 1. The van der Waals surface area contributed by atoms with E-state index >= 15 is 0 Å². The molecule has 0 atom stereocenters. The van der Waals surface area contributed by atoms with Crippen molar-refractivity contribution >= 4 is 21.7 Å². The lowest BCUT2D eigenvalue weighted by molar-refractivity contribution is 0.440. The smallest absolute Gasteiger partial charge is 0.227 e. The Hall–Kier alpha value is -1.62. The van der Waals surface area contributed by atoms with Gasteiger partial charge in [0, 0.05) is 9.89 Å². The van der Waals surface area contributed by atoms with Crippen molar-refractivity contribution < 1.29 is 4.74 Å². The first kappa shape index (κ1) is 15.8. The van der Waals surface area contributed by atoms with Crippen LogP contribution in [-0.2, 0) is 5.41 Å². The van der Waals surface area contributed by atoms with Gasteiger partial charge in [-0.3, -0.25) is 0 Å². The van der Waals surface area contributed by atoms with Crippen molar-refractivity contribution in [1.82, 2.24) is 9.97 Å². The highest BCUT2D eigenvalue weighted by Crippen LogP contribution is 2.31. The Kier molecular flexibility index (Phi) is 4.23. The van der Waals surface area contributed by atoms with Crippen molar-refractivity contribution in [1.29, 1.82) is 0 Å². The average molecular weight is 350 g/mol. The molecule has 0 saturated heterocycles. The predicted molar refractivity (Wildman–Crippen MR) is 88.8 cm³/mol. The van der Waals surface area contributed by atoms with Gasteiger partial charge in [0.1, 0.15) is 17.4 Å². The van der Waals surface area contributed by atoms with Gasteiger partial charge >= 0.3 is 0 Å². The van der Waals surface area contributed by atoms with Gasteiger partial charge in [0.15, 0.2) is 0 Å². The highest BCUT2D eigenvalue weighted by molar-refractivity contribution is 9.10. The Balaban J connectivity index is 2.46. The quantitative estimate of drug-likeness (QED) is 0.865. The van der Waals surface area contributed by atoms with Crippen LogP contribution in [0.1, 0.15) is 37.7 Å². The van der Waals surface area contributed by atoms with Crippen LogP contribution >= 0.6 is 15.9 Å². The summed E-state index contributed by atoms with van der Waals surface area (Å²) < 4.78 is 6.98. The average Bonchev–Trinajstić information content (AvgIpc) is 2.36. The summed E-state index contributed by atoms with van der Waals surface area (Å²) in [6.45, 7) is 10.00. The number of hydrogen-bond donors (Lipinski definition) is 1. The van der Waals surface area contributed by atoms with Gasteiger partial charge in [0.2, 0.25) is 5.88 Å². The predicted octanol–water partition coefficient (Wildman–Crippen LogP) is 4.53. The number of anilines is 1. The number of nitrogens with two attached hydrogens (primary N) is 1. The molecule has 112 valence electrons. The summed E-state index contributed by atoms with van der Waals surface area (Å²) >= 11 is 3.44. The van der Waals surface area contributed by atoms with Crippen molar-refractivity contribution in [3.05, 3.63) is 39.6 Å². The molecule has 0 spiro atoms. The number of nitrogens with zero attached hydrogens (tertiary/aromatic N) is 2. The first-order chi connectivity index (χ1) is 9.68. The second kappa shape index (κ2) is 5.64. The SMILES string of the molecule is Cc1cc(Br)ccc1Oc1nc(C(C)(C)C)nc(N)c1C. The van der Waals surface area contributed by atoms with Crippen LogP contribution in [0.25, 0.3) is 0 Å². The van der Waals surface area contributed by atoms with Crippen molar-refractivity contribution in [3.8, 4) is 11.6 Å². The van der Waals surface area contributed by atoms with Crippen molar-refractivity contribution in [3.63, 3.8) is 0 Å². The topological polar surface area (TPSA) is 61.0 Å². The Bertz CT molecular complexity index is 678. The van der Waals surface area contributed by atoms with Gasteiger partial charge in [0.05, 0.1) is 5.56 Å². The maximum Gasteiger partial charge on any atom is 0.227 e. The zero-order chi connectivity index (χ0) is 15.8. The molecule has 1 heterocycles. The summed E-state index contributed by atoms with van der Waals surface area (Å²) in [6.07, 6.45) is 0. The summed E-state index contributed by atoms with van der Waals surface area (Å²) in [5, 5.41) is 0. The van der Waals surface area contributed by atoms with E-state index in [0.717, 1.165) is 21.3 Å². The van der Waals surface area contributed by atoms with E-state index in [9.17, 15) is 0 Å². The number of rotatable bonds is 2. The van der Waals surface area contributed by atoms with E-state index in [1.807, 2.05) is 52.8 Å². The maximum atomic E-state index is 6.00. The van der Waals surface area contributed by atoms with Crippen LogP contribution in [0.5, 0.6) is 11.6 Å². The summed E-state index contributed by atoms with van der Waals surface area (Å²) in [5.41, 5.74) is 7.59. The van der Waals surface area contributed by atoms with Gasteiger partial charge < -0.3 is 10.5 Å². The number of halogens is 1. The minimum Gasteiger partial charge on any atom is -0.438 e. The molecule has 0 aliphatic carbocycles. The van der Waals surface area contributed by atoms with E-state index in [-0.39, 0.29) is 5.41 Å². The lowest BCUT2D eigenvalue weighted by atomic mass is 9.95. The maximum absolute atomic E-state index is 6.00. The Morgan fingerprint density at radius 3 is 2.38 bits per heavy atom. The van der Waals surface area contributed by atoms with Crippen molar-refractivity contribution in [2.45, 2.75) is 40.0 Å². The minimum absolute atomic E-state index is 0.186. The molecular formula is C16H20BrN3O. The van der Waals surface area contributed by atoms with Crippen LogP contribution < -0.4 is 10.5 Å². The zero-order valence-electron chi connectivity index (χ0n) is 13.0. The molecule has 0 fully saturated rings. The van der Waals surface area contributed by atoms with E-state index in [4.69, 9.17) is 10.5 Å². The monoisotopic (exact) mass is 349 g/mol. The number of nitrogen functional groups attached to an aromatic ring is 1.